The van der Waals surface area contributed by atoms with Crippen LogP contribution in [0.15, 0.2) is 29.2 Å². The molecule has 5 heteroatoms. The van der Waals surface area contributed by atoms with Gasteiger partial charge in [-0.05, 0) is 24.2 Å². The van der Waals surface area contributed by atoms with Crippen LogP contribution in [0.3, 0.4) is 0 Å². The highest BCUT2D eigenvalue weighted by atomic mass is 32.2. The number of carbonyl (C=O) groups is 1. The highest BCUT2D eigenvalue weighted by Gasteiger charge is 2.02. The van der Waals surface area contributed by atoms with Crippen molar-refractivity contribution in [2.75, 3.05) is 18.8 Å². The van der Waals surface area contributed by atoms with Gasteiger partial charge in [0.15, 0.2) is 0 Å². The first-order valence-corrected chi connectivity index (χ1v) is 7.31. The van der Waals surface area contributed by atoms with Crippen LogP contribution < -0.4 is 10.6 Å². The van der Waals surface area contributed by atoms with E-state index in [1.807, 2.05) is 18.2 Å². The molecule has 0 atom stereocenters. The van der Waals surface area contributed by atoms with Gasteiger partial charge in [-0.2, -0.15) is 5.26 Å². The van der Waals surface area contributed by atoms with Gasteiger partial charge >= 0.3 is 0 Å². The fraction of sp³-hybridized carbons (Fsp3) is 0.429. The molecule has 1 rings (SSSR count). The Morgan fingerprint density at radius 2 is 2.11 bits per heavy atom. The third-order valence-electron chi connectivity index (χ3n) is 2.43. The quantitative estimate of drug-likeness (QED) is 0.563. The number of carbonyl (C=O) groups excluding carboxylic acids is 1. The first-order chi connectivity index (χ1) is 9.26. The molecule has 0 heterocycles. The molecule has 0 aromatic heterocycles. The maximum absolute atomic E-state index is 11.4. The molecule has 0 aliphatic heterocycles. The lowest BCUT2D eigenvalue weighted by Crippen LogP contribution is -2.25. The number of thioether (sulfide) groups is 1. The Bertz CT molecular complexity index is 425. The fourth-order valence-electron chi connectivity index (χ4n) is 1.43. The summed E-state index contributed by atoms with van der Waals surface area (Å²) in [6.45, 7) is 4.34. The number of hydrogen-bond acceptors (Lipinski definition) is 4. The largest absolute Gasteiger partial charge is 0.354 e. The highest BCUT2D eigenvalue weighted by molar-refractivity contribution is 8.00. The number of nitriles is 1. The van der Waals surface area contributed by atoms with E-state index in [1.165, 1.54) is 17.3 Å². The topological polar surface area (TPSA) is 64.9 Å². The summed E-state index contributed by atoms with van der Waals surface area (Å²) in [4.78, 5) is 12.5. The molecule has 1 amide bonds. The van der Waals surface area contributed by atoms with Crippen molar-refractivity contribution in [1.82, 2.24) is 10.6 Å². The van der Waals surface area contributed by atoms with E-state index in [9.17, 15) is 4.79 Å². The first kappa shape index (κ1) is 15.5. The first-order valence-electron chi connectivity index (χ1n) is 6.32. The third-order valence-corrected chi connectivity index (χ3v) is 3.44. The SMILES string of the molecule is CCNCc1ccc(SCC(=O)NCCC#N)cc1. The lowest BCUT2D eigenvalue weighted by molar-refractivity contribution is -0.118. The summed E-state index contributed by atoms with van der Waals surface area (Å²) in [5.74, 6) is 0.356. The second-order valence-electron chi connectivity index (χ2n) is 3.97. The molecule has 1 aromatic rings. The molecule has 0 aliphatic rings. The van der Waals surface area contributed by atoms with Gasteiger partial charge in [0.2, 0.25) is 5.91 Å². The summed E-state index contributed by atoms with van der Waals surface area (Å²) in [5, 5.41) is 14.3. The van der Waals surface area contributed by atoms with Crippen molar-refractivity contribution in [2.24, 2.45) is 0 Å². The van der Waals surface area contributed by atoms with Crippen LogP contribution in [0.2, 0.25) is 0 Å². The molecule has 0 unspecified atom stereocenters. The van der Waals surface area contributed by atoms with E-state index in [4.69, 9.17) is 5.26 Å². The van der Waals surface area contributed by atoms with Crippen LogP contribution in [0.1, 0.15) is 18.9 Å². The van der Waals surface area contributed by atoms with E-state index in [1.54, 1.807) is 0 Å². The van der Waals surface area contributed by atoms with Gasteiger partial charge < -0.3 is 10.6 Å². The number of rotatable bonds is 8. The average molecular weight is 277 g/mol. The molecule has 2 N–H and O–H groups in total. The molecule has 1 aromatic carbocycles. The molecule has 0 aliphatic carbocycles. The molecular formula is C14H19N3OS. The van der Waals surface area contributed by atoms with E-state index < -0.39 is 0 Å². The maximum Gasteiger partial charge on any atom is 0.230 e. The lowest BCUT2D eigenvalue weighted by atomic mass is 10.2. The van der Waals surface area contributed by atoms with Crippen LogP contribution in [0.4, 0.5) is 0 Å². The van der Waals surface area contributed by atoms with Gasteiger partial charge in [-0.15, -0.1) is 11.8 Å². The zero-order valence-electron chi connectivity index (χ0n) is 11.1. The van der Waals surface area contributed by atoms with Crippen LogP contribution in [0.25, 0.3) is 0 Å². The summed E-state index contributed by atoms with van der Waals surface area (Å²) in [7, 11) is 0. The highest BCUT2D eigenvalue weighted by Crippen LogP contribution is 2.18. The molecule has 0 spiro atoms. The van der Waals surface area contributed by atoms with Crippen molar-refractivity contribution in [3.63, 3.8) is 0 Å². The number of nitrogens with one attached hydrogen (secondary N) is 2. The van der Waals surface area contributed by atoms with Crippen LogP contribution in [0.5, 0.6) is 0 Å². The molecule has 102 valence electrons. The normalized spacial score (nSPS) is 9.89. The lowest BCUT2D eigenvalue weighted by Gasteiger charge is -2.05. The molecule has 4 nitrogen and oxygen atoms in total. The van der Waals surface area contributed by atoms with E-state index >= 15 is 0 Å². The smallest absolute Gasteiger partial charge is 0.230 e. The monoisotopic (exact) mass is 277 g/mol. The van der Waals surface area contributed by atoms with Gasteiger partial charge in [0.25, 0.3) is 0 Å². The standard InChI is InChI=1S/C14H19N3OS/c1-2-16-10-12-4-6-13(7-5-12)19-11-14(18)17-9-3-8-15/h4-7,16H,2-3,9-11H2,1H3,(H,17,18). The Labute approximate surface area is 118 Å². The van der Waals surface area contributed by atoms with Gasteiger partial charge in [-0.1, -0.05) is 19.1 Å². The van der Waals surface area contributed by atoms with E-state index in [0.717, 1.165) is 18.0 Å². The average Bonchev–Trinajstić information content (AvgIpc) is 2.44. The number of nitrogens with zero attached hydrogens (tertiary/aromatic N) is 1. The van der Waals surface area contributed by atoms with Gasteiger partial charge in [-0.25, -0.2) is 0 Å². The molecular weight excluding hydrogens is 258 g/mol. The predicted octanol–water partition coefficient (Wildman–Crippen LogP) is 1.92. The molecule has 0 radical (unpaired) electrons. The van der Waals surface area contributed by atoms with Crippen LogP contribution in [0, 0.1) is 11.3 Å². The molecule has 0 saturated carbocycles. The maximum atomic E-state index is 11.4. The summed E-state index contributed by atoms with van der Waals surface area (Å²) in [6, 6.07) is 10.2. The second-order valence-corrected chi connectivity index (χ2v) is 5.02. The molecule has 19 heavy (non-hydrogen) atoms. The van der Waals surface area contributed by atoms with Crippen molar-refractivity contribution in [3.8, 4) is 6.07 Å². The Balaban J connectivity index is 2.29. The zero-order valence-corrected chi connectivity index (χ0v) is 11.9. The Morgan fingerprint density at radius 1 is 1.37 bits per heavy atom. The Morgan fingerprint density at radius 3 is 2.74 bits per heavy atom. The van der Waals surface area contributed by atoms with Gasteiger partial charge in [0, 0.05) is 18.0 Å². The summed E-state index contributed by atoms with van der Waals surface area (Å²) in [5.41, 5.74) is 1.24. The Hall–Kier alpha value is -1.51. The van der Waals surface area contributed by atoms with Crippen molar-refractivity contribution in [1.29, 1.82) is 5.26 Å². The van der Waals surface area contributed by atoms with Crippen LogP contribution in [-0.2, 0) is 11.3 Å². The predicted molar refractivity (Wildman–Crippen MR) is 77.8 cm³/mol. The van der Waals surface area contributed by atoms with Crippen molar-refractivity contribution in [3.05, 3.63) is 29.8 Å². The molecule has 0 fully saturated rings. The third kappa shape index (κ3) is 6.85. The summed E-state index contributed by atoms with van der Waals surface area (Å²) < 4.78 is 0. The van der Waals surface area contributed by atoms with Gasteiger partial charge in [0.05, 0.1) is 18.2 Å². The zero-order chi connectivity index (χ0) is 13.9. The minimum Gasteiger partial charge on any atom is -0.354 e. The number of benzene rings is 1. The number of hydrogen-bond donors (Lipinski definition) is 2. The number of amides is 1. The second kappa shape index (κ2) is 9.42. The minimum atomic E-state index is -0.0306. The molecule has 0 bridgehead atoms. The molecule has 0 saturated heterocycles. The van der Waals surface area contributed by atoms with E-state index in [2.05, 4.69) is 29.7 Å². The summed E-state index contributed by atoms with van der Waals surface area (Å²) in [6.07, 6.45) is 0.357. The van der Waals surface area contributed by atoms with Crippen LogP contribution in [-0.4, -0.2) is 24.7 Å². The van der Waals surface area contributed by atoms with Crippen molar-refractivity contribution < 1.29 is 4.79 Å². The summed E-state index contributed by atoms with van der Waals surface area (Å²) >= 11 is 1.50. The van der Waals surface area contributed by atoms with Gasteiger partial charge in [0.1, 0.15) is 0 Å². The minimum absolute atomic E-state index is 0.0306. The van der Waals surface area contributed by atoms with Crippen molar-refractivity contribution in [2.45, 2.75) is 24.8 Å². The van der Waals surface area contributed by atoms with Crippen molar-refractivity contribution >= 4 is 17.7 Å². The van der Waals surface area contributed by atoms with Crippen LogP contribution >= 0.6 is 11.8 Å². The fourth-order valence-corrected chi connectivity index (χ4v) is 2.16. The van der Waals surface area contributed by atoms with Gasteiger partial charge in [-0.3, -0.25) is 4.79 Å². The van der Waals surface area contributed by atoms with E-state index in [-0.39, 0.29) is 5.91 Å². The Kier molecular flexibility index (Phi) is 7.71. The van der Waals surface area contributed by atoms with E-state index in [0.29, 0.717) is 18.7 Å².